The fourth-order valence-electron chi connectivity index (χ4n) is 2.76. The SMILES string of the molecule is c1ccc2c(c1)N=c1c-2cnc2c3c(ccc12)N=NN=3. The third-order valence-electron chi connectivity index (χ3n) is 3.69. The van der Waals surface area contributed by atoms with Crippen molar-refractivity contribution in [2.24, 2.45) is 20.4 Å². The van der Waals surface area contributed by atoms with Gasteiger partial charge in [-0.1, -0.05) is 18.2 Å². The molecule has 5 nitrogen and oxygen atoms in total. The predicted molar refractivity (Wildman–Crippen MR) is 73.7 cm³/mol. The molecule has 0 fully saturated rings. The number of benzene rings is 2. The number of hydrogen-bond donors (Lipinski definition) is 0. The quantitative estimate of drug-likeness (QED) is 0.477. The number of pyridine rings is 1. The summed E-state index contributed by atoms with van der Waals surface area (Å²) in [6.07, 6.45) is 1.86. The van der Waals surface area contributed by atoms with E-state index in [1.54, 1.807) is 0 Å². The molecule has 5 heteroatoms. The first-order chi connectivity index (χ1) is 9.92. The van der Waals surface area contributed by atoms with Crippen LogP contribution in [-0.2, 0) is 0 Å². The van der Waals surface area contributed by atoms with Crippen molar-refractivity contribution < 1.29 is 0 Å². The topological polar surface area (TPSA) is 62.3 Å². The molecule has 0 radical (unpaired) electrons. The highest BCUT2D eigenvalue weighted by Gasteiger charge is 2.17. The summed E-state index contributed by atoms with van der Waals surface area (Å²) < 4.78 is 0. The molecule has 1 aromatic heterocycles. The van der Waals surface area contributed by atoms with Crippen LogP contribution < -0.4 is 10.7 Å². The van der Waals surface area contributed by atoms with Gasteiger partial charge in [0.25, 0.3) is 0 Å². The number of hydrogen-bond acceptors (Lipinski definition) is 5. The molecule has 0 saturated heterocycles. The summed E-state index contributed by atoms with van der Waals surface area (Å²) in [4.78, 5) is 9.28. The Labute approximate surface area is 113 Å². The molecule has 3 aromatic rings. The highest BCUT2D eigenvalue weighted by Crippen LogP contribution is 2.32. The first-order valence-electron chi connectivity index (χ1n) is 6.30. The summed E-state index contributed by atoms with van der Waals surface area (Å²) in [6, 6.07) is 12.0. The van der Waals surface area contributed by atoms with Crippen LogP contribution >= 0.6 is 0 Å². The van der Waals surface area contributed by atoms with Gasteiger partial charge >= 0.3 is 0 Å². The third-order valence-corrected chi connectivity index (χ3v) is 3.69. The van der Waals surface area contributed by atoms with Crippen LogP contribution in [0.2, 0.25) is 0 Å². The van der Waals surface area contributed by atoms with Crippen LogP contribution in [0.25, 0.3) is 22.0 Å². The van der Waals surface area contributed by atoms with Gasteiger partial charge in [0.2, 0.25) is 0 Å². The van der Waals surface area contributed by atoms with Crippen LogP contribution in [0, 0.1) is 0 Å². The van der Waals surface area contributed by atoms with Crippen molar-refractivity contribution in [2.75, 3.05) is 0 Å². The fraction of sp³-hybridized carbons (Fsp3) is 0. The largest absolute Gasteiger partial charge is 0.253 e. The van der Waals surface area contributed by atoms with Crippen molar-refractivity contribution in [1.29, 1.82) is 0 Å². The van der Waals surface area contributed by atoms with Crippen LogP contribution in [-0.4, -0.2) is 4.98 Å². The summed E-state index contributed by atoms with van der Waals surface area (Å²) in [5.74, 6) is 0. The molecule has 0 aliphatic carbocycles. The Kier molecular flexibility index (Phi) is 1.65. The molecule has 2 aromatic carbocycles. The summed E-state index contributed by atoms with van der Waals surface area (Å²) in [5.41, 5.74) is 4.76. The average Bonchev–Trinajstić information content (AvgIpc) is 3.11. The predicted octanol–water partition coefficient (Wildman–Crippen LogP) is 2.80. The molecule has 2 aliphatic rings. The molecule has 92 valence electrons. The highest BCUT2D eigenvalue weighted by molar-refractivity contribution is 5.89. The van der Waals surface area contributed by atoms with E-state index in [1.807, 2.05) is 36.5 Å². The van der Waals surface area contributed by atoms with Crippen LogP contribution in [0.3, 0.4) is 0 Å². The average molecular weight is 257 g/mol. The second kappa shape index (κ2) is 3.33. The number of fused-ring (bicyclic) bond motifs is 7. The Balaban J connectivity index is 1.99. The van der Waals surface area contributed by atoms with Gasteiger partial charge in [0, 0.05) is 22.7 Å². The van der Waals surface area contributed by atoms with Crippen LogP contribution in [0.15, 0.2) is 63.0 Å². The number of rotatable bonds is 0. The van der Waals surface area contributed by atoms with Gasteiger partial charge in [0.15, 0.2) is 0 Å². The maximum atomic E-state index is 4.73. The minimum atomic E-state index is 0.733. The van der Waals surface area contributed by atoms with Gasteiger partial charge in [0.1, 0.15) is 16.6 Å². The lowest BCUT2D eigenvalue weighted by Gasteiger charge is -2.00. The maximum absolute atomic E-state index is 4.73. The molecule has 0 atom stereocenters. The molecule has 0 amide bonds. The van der Waals surface area contributed by atoms with Crippen molar-refractivity contribution in [2.45, 2.75) is 0 Å². The second-order valence-corrected chi connectivity index (χ2v) is 4.77. The molecule has 20 heavy (non-hydrogen) atoms. The zero-order valence-corrected chi connectivity index (χ0v) is 10.3. The zero-order valence-electron chi connectivity index (χ0n) is 10.3. The van der Waals surface area contributed by atoms with E-state index in [4.69, 9.17) is 4.99 Å². The van der Waals surface area contributed by atoms with Crippen molar-refractivity contribution in [3.05, 3.63) is 53.3 Å². The lowest BCUT2D eigenvalue weighted by Crippen LogP contribution is -2.11. The van der Waals surface area contributed by atoms with Crippen molar-refractivity contribution in [3.63, 3.8) is 0 Å². The van der Waals surface area contributed by atoms with Gasteiger partial charge in [0.05, 0.1) is 11.0 Å². The minimum Gasteiger partial charge on any atom is -0.253 e. The summed E-state index contributed by atoms with van der Waals surface area (Å²) in [7, 11) is 0. The molecule has 0 saturated carbocycles. The molecule has 0 bridgehead atoms. The standard InChI is InChI=1S/C15H7N5/c1-2-4-11-8(3-1)10-7-16-14-9(13(10)17-11)5-6-12-15(14)19-20-18-12/h1-7H. The van der Waals surface area contributed by atoms with E-state index in [0.717, 1.165) is 44.1 Å². The molecule has 3 heterocycles. The van der Waals surface area contributed by atoms with E-state index in [0.29, 0.717) is 0 Å². The Morgan fingerprint density at radius 1 is 0.800 bits per heavy atom. The second-order valence-electron chi connectivity index (χ2n) is 4.77. The van der Waals surface area contributed by atoms with E-state index in [1.165, 1.54) is 0 Å². The van der Waals surface area contributed by atoms with E-state index in [9.17, 15) is 0 Å². The highest BCUT2D eigenvalue weighted by atomic mass is 15.4. The Hall–Kier alpha value is -2.95. The Bertz CT molecular complexity index is 1050. The molecule has 5 rings (SSSR count). The van der Waals surface area contributed by atoms with E-state index >= 15 is 0 Å². The number of nitrogens with zero attached hydrogens (tertiary/aromatic N) is 5. The molecule has 2 aliphatic heterocycles. The molecule has 0 unspecified atom stereocenters. The Morgan fingerprint density at radius 2 is 1.75 bits per heavy atom. The van der Waals surface area contributed by atoms with Gasteiger partial charge in [-0.2, -0.15) is 0 Å². The zero-order chi connectivity index (χ0) is 13.1. The van der Waals surface area contributed by atoms with E-state index < -0.39 is 0 Å². The summed E-state index contributed by atoms with van der Waals surface area (Å²) in [6.45, 7) is 0. The normalized spacial score (nSPS) is 13.6. The van der Waals surface area contributed by atoms with Gasteiger partial charge in [-0.05, 0) is 23.4 Å². The maximum Gasteiger partial charge on any atom is 0.141 e. The molecule has 0 N–H and O–H groups in total. The first kappa shape index (κ1) is 9.91. The van der Waals surface area contributed by atoms with Crippen LogP contribution in [0.5, 0.6) is 0 Å². The van der Waals surface area contributed by atoms with Crippen molar-refractivity contribution in [3.8, 4) is 11.1 Å². The summed E-state index contributed by atoms with van der Waals surface area (Å²) in [5, 5.41) is 14.4. The fourth-order valence-corrected chi connectivity index (χ4v) is 2.76. The van der Waals surface area contributed by atoms with Gasteiger partial charge in [-0.3, -0.25) is 4.98 Å². The summed E-state index contributed by atoms with van der Waals surface area (Å²) >= 11 is 0. The lowest BCUT2D eigenvalue weighted by molar-refractivity contribution is 1.08. The van der Waals surface area contributed by atoms with Gasteiger partial charge < -0.3 is 0 Å². The number of para-hydroxylation sites is 1. The lowest BCUT2D eigenvalue weighted by atomic mass is 10.1. The van der Waals surface area contributed by atoms with Crippen molar-refractivity contribution >= 4 is 22.3 Å². The van der Waals surface area contributed by atoms with Crippen LogP contribution in [0.1, 0.15) is 0 Å². The van der Waals surface area contributed by atoms with Gasteiger partial charge in [-0.15, -0.1) is 10.2 Å². The number of aromatic nitrogens is 1. The first-order valence-corrected chi connectivity index (χ1v) is 6.30. The van der Waals surface area contributed by atoms with E-state index in [-0.39, 0.29) is 0 Å². The Morgan fingerprint density at radius 3 is 2.75 bits per heavy atom. The minimum absolute atomic E-state index is 0.733. The third kappa shape index (κ3) is 1.10. The van der Waals surface area contributed by atoms with Gasteiger partial charge in [-0.25, -0.2) is 4.99 Å². The van der Waals surface area contributed by atoms with Crippen LogP contribution in [0.4, 0.5) is 11.4 Å². The molecular formula is C15H7N5. The molecular weight excluding hydrogens is 250 g/mol. The van der Waals surface area contributed by atoms with Crippen molar-refractivity contribution in [1.82, 2.24) is 4.98 Å². The monoisotopic (exact) mass is 257 g/mol. The molecule has 0 spiro atoms. The van der Waals surface area contributed by atoms with E-state index in [2.05, 4.69) is 26.5 Å². The smallest absolute Gasteiger partial charge is 0.141 e.